The van der Waals surface area contributed by atoms with Gasteiger partial charge in [0.2, 0.25) is 0 Å². The van der Waals surface area contributed by atoms with E-state index in [0.717, 1.165) is 19.5 Å². The molecule has 0 aromatic rings. The van der Waals surface area contributed by atoms with Crippen LogP contribution in [0.2, 0.25) is 0 Å². The van der Waals surface area contributed by atoms with Gasteiger partial charge in [-0.05, 0) is 56.1 Å². The van der Waals surface area contributed by atoms with Crippen molar-refractivity contribution >= 4 is 11.8 Å². The Morgan fingerprint density at radius 1 is 1.05 bits per heavy atom. The van der Waals surface area contributed by atoms with Crippen LogP contribution >= 0.6 is 11.8 Å². The maximum atomic E-state index is 6.79. The summed E-state index contributed by atoms with van der Waals surface area (Å²) in [6, 6.07) is 0.175. The molecule has 3 aliphatic rings. The zero-order chi connectivity index (χ0) is 13.8. The number of thioether (sulfide) groups is 1. The number of hydrogen-bond donors (Lipinski definition) is 2. The van der Waals surface area contributed by atoms with Gasteiger partial charge in [0.25, 0.3) is 0 Å². The molecule has 20 heavy (non-hydrogen) atoms. The second kappa shape index (κ2) is 6.99. The molecule has 0 amide bonds. The van der Waals surface area contributed by atoms with Crippen molar-refractivity contribution < 1.29 is 4.74 Å². The number of nitrogens with one attached hydrogen (secondary N) is 1. The van der Waals surface area contributed by atoms with E-state index in [0.29, 0.717) is 12.0 Å². The topological polar surface area (TPSA) is 47.3 Å². The third-order valence-electron chi connectivity index (χ3n) is 5.54. The fraction of sp³-hybridized carbons (Fsp3) is 1.00. The van der Waals surface area contributed by atoms with Crippen molar-refractivity contribution in [2.75, 3.05) is 24.6 Å². The van der Waals surface area contributed by atoms with Gasteiger partial charge in [-0.3, -0.25) is 0 Å². The van der Waals surface area contributed by atoms with Gasteiger partial charge in [0.15, 0.2) is 0 Å². The van der Waals surface area contributed by atoms with Gasteiger partial charge < -0.3 is 15.8 Å². The Kier molecular flexibility index (Phi) is 5.29. The van der Waals surface area contributed by atoms with Crippen LogP contribution in [0.25, 0.3) is 0 Å². The van der Waals surface area contributed by atoms with Gasteiger partial charge in [-0.15, -0.1) is 0 Å². The highest BCUT2D eigenvalue weighted by Crippen LogP contribution is 2.42. The minimum Gasteiger partial charge on any atom is -0.370 e. The average Bonchev–Trinajstić information content (AvgIpc) is 2.52. The van der Waals surface area contributed by atoms with Gasteiger partial charge in [0, 0.05) is 12.6 Å². The molecule has 0 spiro atoms. The van der Waals surface area contributed by atoms with Crippen LogP contribution in [0.4, 0.5) is 0 Å². The van der Waals surface area contributed by atoms with Crippen LogP contribution in [0.3, 0.4) is 0 Å². The number of hydrogen-bond acceptors (Lipinski definition) is 4. The largest absolute Gasteiger partial charge is 0.370 e. The first kappa shape index (κ1) is 15.1. The summed E-state index contributed by atoms with van der Waals surface area (Å²) in [4.78, 5) is 0. The van der Waals surface area contributed by atoms with Crippen molar-refractivity contribution in [1.29, 1.82) is 0 Å². The monoisotopic (exact) mass is 298 g/mol. The molecule has 2 unspecified atom stereocenters. The molecule has 3 fully saturated rings. The molecule has 3 nitrogen and oxygen atoms in total. The molecule has 0 aromatic carbocycles. The van der Waals surface area contributed by atoms with E-state index >= 15 is 0 Å². The molecule has 1 saturated carbocycles. The molecule has 0 radical (unpaired) electrons. The van der Waals surface area contributed by atoms with Gasteiger partial charge in [-0.2, -0.15) is 11.8 Å². The van der Waals surface area contributed by atoms with Crippen LogP contribution in [0, 0.1) is 5.92 Å². The number of piperidine rings is 1. The standard InChI is InChI=1S/C16H30N2OS/c17-15-12-18-9-8-16(15,13-4-2-1-3-5-13)19-14-6-10-20-11-7-14/h13-15,18H,1-12,17H2. The van der Waals surface area contributed by atoms with E-state index in [1.807, 2.05) is 0 Å². The third-order valence-corrected chi connectivity index (χ3v) is 6.58. The van der Waals surface area contributed by atoms with E-state index in [-0.39, 0.29) is 11.6 Å². The van der Waals surface area contributed by atoms with Crippen molar-refractivity contribution in [3.63, 3.8) is 0 Å². The lowest BCUT2D eigenvalue weighted by molar-refractivity contribution is -0.160. The fourth-order valence-corrected chi connectivity index (χ4v) is 5.41. The molecule has 4 heteroatoms. The van der Waals surface area contributed by atoms with E-state index in [1.54, 1.807) is 0 Å². The minimum atomic E-state index is -0.0294. The second-order valence-electron chi connectivity index (χ2n) is 6.78. The smallest absolute Gasteiger partial charge is 0.0888 e. The predicted octanol–water partition coefficient (Wildman–Crippen LogP) is 2.54. The summed E-state index contributed by atoms with van der Waals surface area (Å²) in [6.45, 7) is 2.00. The zero-order valence-corrected chi connectivity index (χ0v) is 13.4. The van der Waals surface area contributed by atoms with E-state index in [9.17, 15) is 0 Å². The SMILES string of the molecule is NC1CNCCC1(OC1CCSCC1)C1CCCCC1. The van der Waals surface area contributed by atoms with E-state index < -0.39 is 0 Å². The van der Waals surface area contributed by atoms with Gasteiger partial charge in [-0.25, -0.2) is 0 Å². The van der Waals surface area contributed by atoms with Gasteiger partial charge in [0.1, 0.15) is 0 Å². The summed E-state index contributed by atoms with van der Waals surface area (Å²) >= 11 is 2.07. The Hall–Kier alpha value is 0.230. The van der Waals surface area contributed by atoms with E-state index in [1.165, 1.54) is 56.5 Å². The highest BCUT2D eigenvalue weighted by Gasteiger charge is 2.47. The Labute approximate surface area is 127 Å². The molecule has 3 N–H and O–H groups in total. The summed E-state index contributed by atoms with van der Waals surface area (Å²) in [6.07, 6.45) is 10.8. The van der Waals surface area contributed by atoms with Crippen LogP contribution in [-0.2, 0) is 4.74 Å². The molecular weight excluding hydrogens is 268 g/mol. The van der Waals surface area contributed by atoms with Crippen LogP contribution in [0.15, 0.2) is 0 Å². The average molecular weight is 298 g/mol. The molecule has 116 valence electrons. The number of rotatable bonds is 3. The minimum absolute atomic E-state index is 0.0294. The Morgan fingerprint density at radius 3 is 2.50 bits per heavy atom. The first-order valence-electron chi connectivity index (χ1n) is 8.53. The van der Waals surface area contributed by atoms with Gasteiger partial charge in [-0.1, -0.05) is 19.3 Å². The molecule has 3 rings (SSSR count). The summed E-state index contributed by atoms with van der Waals surface area (Å²) in [5.41, 5.74) is 6.54. The van der Waals surface area contributed by atoms with Crippen LogP contribution in [0.1, 0.15) is 51.4 Å². The van der Waals surface area contributed by atoms with Crippen LogP contribution < -0.4 is 11.1 Å². The normalized spacial score (nSPS) is 38.0. The maximum Gasteiger partial charge on any atom is 0.0888 e. The molecule has 0 aromatic heterocycles. The van der Waals surface area contributed by atoms with Crippen LogP contribution in [0.5, 0.6) is 0 Å². The Bertz CT molecular complexity index is 303. The van der Waals surface area contributed by atoms with Crippen LogP contribution in [-0.4, -0.2) is 42.3 Å². The summed E-state index contributed by atoms with van der Waals surface area (Å²) in [7, 11) is 0. The lowest BCUT2D eigenvalue weighted by Crippen LogP contribution is -2.64. The van der Waals surface area contributed by atoms with Crippen molar-refractivity contribution in [1.82, 2.24) is 5.32 Å². The van der Waals surface area contributed by atoms with E-state index in [4.69, 9.17) is 10.5 Å². The third kappa shape index (κ3) is 3.18. The highest BCUT2D eigenvalue weighted by atomic mass is 32.2. The summed E-state index contributed by atoms with van der Waals surface area (Å²) in [5.74, 6) is 3.22. The fourth-order valence-electron chi connectivity index (χ4n) is 4.34. The summed E-state index contributed by atoms with van der Waals surface area (Å²) in [5, 5.41) is 3.46. The molecule has 2 aliphatic heterocycles. The Morgan fingerprint density at radius 2 is 1.80 bits per heavy atom. The molecule has 0 bridgehead atoms. The second-order valence-corrected chi connectivity index (χ2v) is 8.00. The summed E-state index contributed by atoms with van der Waals surface area (Å²) < 4.78 is 6.79. The lowest BCUT2D eigenvalue weighted by atomic mass is 9.70. The number of ether oxygens (including phenoxy) is 1. The quantitative estimate of drug-likeness (QED) is 0.840. The van der Waals surface area contributed by atoms with Crippen molar-refractivity contribution in [3.05, 3.63) is 0 Å². The van der Waals surface area contributed by atoms with Gasteiger partial charge >= 0.3 is 0 Å². The van der Waals surface area contributed by atoms with Crippen molar-refractivity contribution in [2.45, 2.75) is 69.1 Å². The zero-order valence-electron chi connectivity index (χ0n) is 12.6. The molecule has 2 saturated heterocycles. The lowest BCUT2D eigenvalue weighted by Gasteiger charge is -2.51. The van der Waals surface area contributed by atoms with E-state index in [2.05, 4.69) is 17.1 Å². The first-order chi connectivity index (χ1) is 9.81. The Balaban J connectivity index is 1.74. The molecule has 2 heterocycles. The molecular formula is C16H30N2OS. The molecule has 2 atom stereocenters. The number of nitrogens with two attached hydrogens (primary N) is 1. The first-order valence-corrected chi connectivity index (χ1v) is 9.68. The maximum absolute atomic E-state index is 6.79. The van der Waals surface area contributed by atoms with Crippen molar-refractivity contribution in [3.8, 4) is 0 Å². The van der Waals surface area contributed by atoms with Crippen molar-refractivity contribution in [2.24, 2.45) is 11.7 Å². The highest BCUT2D eigenvalue weighted by molar-refractivity contribution is 7.99. The van der Waals surface area contributed by atoms with Gasteiger partial charge in [0.05, 0.1) is 11.7 Å². The predicted molar refractivity (Wildman–Crippen MR) is 86.2 cm³/mol. The molecule has 1 aliphatic carbocycles.